The molecule has 0 saturated carbocycles. The average molecular weight is 1390 g/mol. The predicted molar refractivity (Wildman–Crippen MR) is 390 cm³/mol. The lowest BCUT2D eigenvalue weighted by Crippen LogP contribution is -2.05. The van der Waals surface area contributed by atoms with E-state index >= 15 is 0 Å². The highest BCUT2D eigenvalue weighted by Gasteiger charge is 2.20. The Morgan fingerprint density at radius 2 is 0.462 bits per heavy atom. The molecule has 2 aromatic heterocycles. The summed E-state index contributed by atoms with van der Waals surface area (Å²) in [6.45, 7) is 0. The number of hydrogen-bond acceptors (Lipinski definition) is 7. The van der Waals surface area contributed by atoms with E-state index in [9.17, 15) is 0 Å². The Labute approximate surface area is 563 Å². The van der Waals surface area contributed by atoms with Crippen LogP contribution in [0.4, 0.5) is 5.69 Å². The Balaban J connectivity index is 0.000000155. The summed E-state index contributed by atoms with van der Waals surface area (Å²) in [5.74, 6) is 4.24. The quantitative estimate of drug-likeness (QED) is 0.165. The van der Waals surface area contributed by atoms with Crippen molar-refractivity contribution in [2.45, 2.75) is 99.3 Å². The van der Waals surface area contributed by atoms with Gasteiger partial charge in [0.2, 0.25) is 0 Å². The summed E-state index contributed by atoms with van der Waals surface area (Å²) < 4.78 is 3.73. The maximum atomic E-state index is 6.34. The van der Waals surface area contributed by atoms with E-state index < -0.39 is 0 Å². The van der Waals surface area contributed by atoms with Crippen LogP contribution in [0.15, 0.2) is 244 Å². The van der Waals surface area contributed by atoms with Crippen molar-refractivity contribution < 1.29 is 0 Å². The summed E-state index contributed by atoms with van der Waals surface area (Å²) in [6, 6.07) is 81.1. The van der Waals surface area contributed by atoms with Crippen LogP contribution < -0.4 is 5.73 Å². The molecule has 0 spiro atoms. The molecule has 12 aromatic rings. The average Bonchev–Trinajstić information content (AvgIpc) is 1.46. The van der Waals surface area contributed by atoms with E-state index in [4.69, 9.17) is 35.6 Å². The van der Waals surface area contributed by atoms with E-state index in [1.165, 1.54) is 80.2 Å². The number of nitrogens with zero attached hydrogens (tertiary/aromatic N) is 6. The molecule has 12 aliphatic rings. The van der Waals surface area contributed by atoms with E-state index in [0.29, 0.717) is 23.3 Å². The van der Waals surface area contributed by atoms with Crippen LogP contribution in [-0.4, -0.2) is 29.9 Å². The molecular weight excluding hydrogens is 1310 g/mol. The van der Waals surface area contributed by atoms with Gasteiger partial charge in [-0.25, -0.2) is 29.9 Å². The highest BCUT2D eigenvalue weighted by molar-refractivity contribution is 9.11. The normalized spacial score (nSPS) is 12.7. The van der Waals surface area contributed by atoms with Crippen LogP contribution in [0.25, 0.3) is 68.3 Å². The monoisotopic (exact) mass is 1380 g/mol. The Bertz CT molecular complexity index is 4040. The third-order valence-corrected chi connectivity index (χ3v) is 19.1. The minimum Gasteiger partial charge on any atom is -0.398 e. The second-order valence-corrected chi connectivity index (χ2v) is 25.4. The molecule has 0 aliphatic heterocycles. The lowest BCUT2D eigenvalue weighted by molar-refractivity contribution is 0.912. The minimum atomic E-state index is 0. The molecule has 456 valence electrons. The molecule has 2 heterocycles. The van der Waals surface area contributed by atoms with Crippen LogP contribution in [0.2, 0.25) is 0 Å². The van der Waals surface area contributed by atoms with Gasteiger partial charge in [0.05, 0.1) is 0 Å². The van der Waals surface area contributed by atoms with Crippen LogP contribution in [0.5, 0.6) is 0 Å². The largest absolute Gasteiger partial charge is 0.398 e. The zero-order valence-electron chi connectivity index (χ0n) is 48.8. The lowest BCUT2D eigenvalue weighted by Gasteiger charge is -2.16. The number of nitrogen functional groups attached to an aromatic ring is 1. The standard InChI is InChI=1S/C31H24BrN3.C31H26N4.C16H14Br2.3CH4/c2*32-28-20-22-12-16-23-15-11-21(13-17-24(28)18-14-22)19-27(23)31-34-29(25-7-3-1-4-8-25)33-30(35-31)26-9-5-2-6-10-26;17-15-9-11-1-5-13(15)8-4-12-2-6-14(7-3-11)16(18)10-12;;;/h1-11,14-15,18-20H,12-13,16-17H2;1-11,14-15,18-20H,12-13,16-17,32H2;1-2,5-6,9-10H,3-4,7-8H2;3*1H4. The second-order valence-electron chi connectivity index (χ2n) is 22.9. The molecule has 7 nitrogen and oxygen atoms in total. The van der Waals surface area contributed by atoms with Crippen molar-refractivity contribution in [3.63, 3.8) is 0 Å². The lowest BCUT2D eigenvalue weighted by atomic mass is 9.92. The minimum absolute atomic E-state index is 0. The predicted octanol–water partition coefficient (Wildman–Crippen LogP) is 20.9. The first-order valence-electron chi connectivity index (χ1n) is 30.4. The van der Waals surface area contributed by atoms with E-state index in [-0.39, 0.29) is 22.3 Å². The summed E-state index contributed by atoms with van der Waals surface area (Å²) in [6.07, 6.45) is 11.8. The number of halogens is 3. The molecule has 0 unspecified atom stereocenters. The third-order valence-electron chi connectivity index (χ3n) is 16.9. The fraction of sp³-hybridized carbons (Fsp3) is 0.185. The van der Waals surface area contributed by atoms with Crippen LogP contribution in [0.3, 0.4) is 0 Å². The number of rotatable bonds is 6. The summed E-state index contributed by atoms with van der Waals surface area (Å²) in [4.78, 5) is 29.7. The molecule has 2 N–H and O–H groups in total. The highest BCUT2D eigenvalue weighted by atomic mass is 79.9. The molecule has 10 heteroatoms. The fourth-order valence-corrected chi connectivity index (χ4v) is 13.7. The number of nitrogens with two attached hydrogens (primary N) is 1. The Morgan fingerprint density at radius 3 is 0.747 bits per heavy atom. The maximum Gasteiger partial charge on any atom is 0.164 e. The summed E-state index contributed by atoms with van der Waals surface area (Å²) in [7, 11) is 0. The number of hydrogen-bond donors (Lipinski definition) is 1. The SMILES string of the molecule is Brc1cc2ccc1CCc1ccc(c(-c3nc(-c4ccccc4)nc(-c4ccccc4)n3)c1)CC2.Brc1cc2ccc1CCc1ccc(c(Br)c1)CC2.C.C.C.Nc1cc2ccc1CCc1ccc(c(-c3nc(-c4ccccc4)nc(-c4ccccc4)n3)c1)CC2. The van der Waals surface area contributed by atoms with Gasteiger partial charge in [0.25, 0.3) is 0 Å². The van der Waals surface area contributed by atoms with Crippen molar-refractivity contribution in [3.8, 4) is 68.3 Å². The van der Waals surface area contributed by atoms with Gasteiger partial charge < -0.3 is 5.73 Å². The molecular formula is C81H76Br3N7. The van der Waals surface area contributed by atoms with Crippen LogP contribution >= 0.6 is 47.8 Å². The van der Waals surface area contributed by atoms with Crippen LogP contribution in [-0.2, 0) is 77.0 Å². The Hall–Kier alpha value is -8.54. The van der Waals surface area contributed by atoms with Crippen molar-refractivity contribution in [3.05, 3.63) is 311 Å². The van der Waals surface area contributed by atoms with Crippen LogP contribution in [0.1, 0.15) is 89.0 Å². The molecule has 0 amide bonds. The molecule has 24 rings (SSSR count). The van der Waals surface area contributed by atoms with Gasteiger partial charge in [-0.2, -0.15) is 0 Å². The number of benzene rings is 10. The first kappa shape index (κ1) is 65.4. The zero-order chi connectivity index (χ0) is 59.8. The molecule has 0 atom stereocenters. The van der Waals surface area contributed by atoms with Crippen molar-refractivity contribution in [1.29, 1.82) is 0 Å². The molecule has 10 aromatic carbocycles. The van der Waals surface area contributed by atoms with Gasteiger partial charge in [0, 0.05) is 52.5 Å². The smallest absolute Gasteiger partial charge is 0.164 e. The van der Waals surface area contributed by atoms with Gasteiger partial charge in [0.1, 0.15) is 0 Å². The van der Waals surface area contributed by atoms with Gasteiger partial charge in [0.15, 0.2) is 34.9 Å². The third kappa shape index (κ3) is 16.0. The molecule has 91 heavy (non-hydrogen) atoms. The highest BCUT2D eigenvalue weighted by Crippen LogP contribution is 2.34. The van der Waals surface area contributed by atoms with E-state index in [0.717, 1.165) is 128 Å². The Morgan fingerprint density at radius 1 is 0.231 bits per heavy atom. The van der Waals surface area contributed by atoms with Crippen molar-refractivity contribution in [1.82, 2.24) is 29.9 Å². The first-order chi connectivity index (χ1) is 43.2. The van der Waals surface area contributed by atoms with E-state index in [2.05, 4.69) is 181 Å². The molecule has 0 saturated heterocycles. The van der Waals surface area contributed by atoms with E-state index in [1.807, 2.05) is 97.1 Å². The summed E-state index contributed by atoms with van der Waals surface area (Å²) in [5, 5.41) is 0. The number of anilines is 1. The fourth-order valence-electron chi connectivity index (χ4n) is 11.8. The van der Waals surface area contributed by atoms with Gasteiger partial charge in [-0.15, -0.1) is 0 Å². The van der Waals surface area contributed by atoms with Crippen molar-refractivity contribution >= 4 is 53.5 Å². The first-order valence-corrected chi connectivity index (χ1v) is 32.7. The Kier molecular flexibility index (Phi) is 21.9. The van der Waals surface area contributed by atoms with Crippen molar-refractivity contribution in [2.75, 3.05) is 5.73 Å². The summed E-state index contributed by atoms with van der Waals surface area (Å²) in [5.41, 5.74) is 29.2. The van der Waals surface area contributed by atoms with Crippen LogP contribution in [0, 0.1) is 0 Å². The van der Waals surface area contributed by atoms with Crippen molar-refractivity contribution in [2.24, 2.45) is 0 Å². The molecule has 12 bridgehead atoms. The maximum absolute atomic E-state index is 6.34. The number of aryl methyl sites for hydroxylation is 12. The molecule has 0 fully saturated rings. The van der Waals surface area contributed by atoms with Gasteiger partial charge in [-0.05, 0) is 180 Å². The number of aromatic nitrogens is 6. The second kappa shape index (κ2) is 30.5. The topological polar surface area (TPSA) is 103 Å². The van der Waals surface area contributed by atoms with Gasteiger partial charge in [-0.1, -0.05) is 264 Å². The van der Waals surface area contributed by atoms with E-state index in [1.54, 1.807) is 0 Å². The van der Waals surface area contributed by atoms with Gasteiger partial charge in [-0.3, -0.25) is 0 Å². The molecule has 12 aliphatic carbocycles. The zero-order valence-corrected chi connectivity index (χ0v) is 53.6. The van der Waals surface area contributed by atoms with Gasteiger partial charge >= 0.3 is 0 Å². The summed E-state index contributed by atoms with van der Waals surface area (Å²) >= 11 is 11.2. The molecule has 0 radical (unpaired) electrons.